The van der Waals surface area contributed by atoms with E-state index in [1.807, 2.05) is 12.1 Å². The Morgan fingerprint density at radius 2 is 1.91 bits per heavy atom. The highest BCUT2D eigenvalue weighted by molar-refractivity contribution is 6.30. The van der Waals surface area contributed by atoms with Crippen LogP contribution in [0.25, 0.3) is 0 Å². The molecule has 22 heavy (non-hydrogen) atoms. The first-order valence-corrected chi connectivity index (χ1v) is 6.83. The molecular weight excluding hydrogens is 298 g/mol. The van der Waals surface area contributed by atoms with Crippen molar-refractivity contribution in [3.8, 4) is 12.1 Å². The van der Waals surface area contributed by atoms with Gasteiger partial charge in [-0.05, 0) is 30.7 Å². The normalized spacial score (nSPS) is 11.3. The summed E-state index contributed by atoms with van der Waals surface area (Å²) in [6.07, 6.45) is 1.55. The van der Waals surface area contributed by atoms with Crippen molar-refractivity contribution in [2.45, 2.75) is 13.0 Å². The number of rotatable bonds is 4. The average molecular weight is 310 g/mol. The fourth-order valence-electron chi connectivity index (χ4n) is 2.21. The molecule has 5 heteroatoms. The van der Waals surface area contributed by atoms with Gasteiger partial charge in [-0.15, -0.1) is 0 Å². The second-order valence-electron chi connectivity index (χ2n) is 4.78. The van der Waals surface area contributed by atoms with E-state index in [2.05, 4.69) is 6.58 Å². The largest absolute Gasteiger partial charge is 0.326 e. The first kappa shape index (κ1) is 15.6. The predicted molar refractivity (Wildman–Crippen MR) is 83.3 cm³/mol. The second kappa shape index (κ2) is 6.30. The molecule has 0 fully saturated rings. The predicted octanol–water partition coefficient (Wildman–Crippen LogP) is 3.62. The molecule has 0 unspecified atom stereocenters. The van der Waals surface area contributed by atoms with Gasteiger partial charge in [0, 0.05) is 16.8 Å². The molecule has 2 aromatic rings. The molecule has 108 valence electrons. The fourth-order valence-corrected chi connectivity index (χ4v) is 2.34. The molecule has 1 heterocycles. The maximum absolute atomic E-state index is 11.8. The first-order valence-electron chi connectivity index (χ1n) is 6.45. The highest BCUT2D eigenvalue weighted by Crippen LogP contribution is 2.29. The smallest absolute Gasteiger partial charge is 0.157 e. The van der Waals surface area contributed by atoms with Gasteiger partial charge in [-0.1, -0.05) is 30.3 Å². The Hall–Kier alpha value is -2.82. The van der Waals surface area contributed by atoms with Crippen LogP contribution in [0.15, 0.2) is 48.7 Å². The summed E-state index contributed by atoms with van der Waals surface area (Å²) in [6.45, 7) is 5.27. The van der Waals surface area contributed by atoms with E-state index in [-0.39, 0.29) is 5.78 Å². The van der Waals surface area contributed by atoms with E-state index in [4.69, 9.17) is 16.9 Å². The minimum atomic E-state index is -0.550. The molecule has 4 nitrogen and oxygen atoms in total. The zero-order valence-electron chi connectivity index (χ0n) is 11.9. The summed E-state index contributed by atoms with van der Waals surface area (Å²) >= 11 is 5.90. The Labute approximate surface area is 133 Å². The van der Waals surface area contributed by atoms with Gasteiger partial charge < -0.3 is 4.57 Å². The molecule has 1 atom stereocenters. The third-order valence-corrected chi connectivity index (χ3v) is 3.59. The number of nitriles is 2. The Bertz CT molecular complexity index is 819. The maximum Gasteiger partial charge on any atom is 0.157 e. The zero-order valence-corrected chi connectivity index (χ0v) is 12.6. The minimum Gasteiger partial charge on any atom is -0.326 e. The number of carbonyl (C=O) groups is 1. The van der Waals surface area contributed by atoms with Crippen molar-refractivity contribution in [2.24, 2.45) is 0 Å². The summed E-state index contributed by atoms with van der Waals surface area (Å²) in [4.78, 5) is 11.8. The molecule has 0 aliphatic rings. The molecule has 0 saturated carbocycles. The molecule has 1 aromatic heterocycles. The Balaban J connectivity index is 2.64. The fraction of sp³-hybridized carbons (Fsp3) is 0.118. The van der Waals surface area contributed by atoms with E-state index in [0.29, 0.717) is 21.9 Å². The molecule has 0 radical (unpaired) electrons. The lowest BCUT2D eigenvalue weighted by atomic mass is 9.97. The molecule has 1 aromatic carbocycles. The molecule has 0 N–H and O–H groups in total. The lowest BCUT2D eigenvalue weighted by Gasteiger charge is -2.21. The van der Waals surface area contributed by atoms with Gasteiger partial charge in [-0.3, -0.25) is 4.79 Å². The highest BCUT2D eigenvalue weighted by Gasteiger charge is 2.23. The molecule has 0 aliphatic heterocycles. The number of allylic oxidation sites excluding steroid dienone is 1. The number of aromatic nitrogens is 1. The summed E-state index contributed by atoms with van der Waals surface area (Å²) in [6, 6.07) is 11.9. The van der Waals surface area contributed by atoms with Crippen LogP contribution in [0.3, 0.4) is 0 Å². The standard InChI is InChI=1S/C17H12ClN3O/c1-11(12(2)22)17(14-3-5-15(18)6-4-14)21-10-13(8-19)7-16(21)9-20/h3-7,10,17H,1H2,2H3/t17-/m0/s1. The summed E-state index contributed by atoms with van der Waals surface area (Å²) in [7, 11) is 0. The van der Waals surface area contributed by atoms with E-state index in [1.165, 1.54) is 13.0 Å². The molecule has 0 spiro atoms. The topological polar surface area (TPSA) is 69.6 Å². The van der Waals surface area contributed by atoms with Gasteiger partial charge >= 0.3 is 0 Å². The third-order valence-electron chi connectivity index (χ3n) is 3.34. The van der Waals surface area contributed by atoms with Crippen molar-refractivity contribution in [3.05, 3.63) is 70.5 Å². The lowest BCUT2D eigenvalue weighted by Crippen LogP contribution is -2.17. The van der Waals surface area contributed by atoms with Gasteiger partial charge in [0.2, 0.25) is 0 Å². The van der Waals surface area contributed by atoms with Gasteiger partial charge in [0.1, 0.15) is 17.8 Å². The van der Waals surface area contributed by atoms with Crippen molar-refractivity contribution in [3.63, 3.8) is 0 Å². The van der Waals surface area contributed by atoms with E-state index in [9.17, 15) is 10.1 Å². The molecule has 0 saturated heterocycles. The van der Waals surface area contributed by atoms with Crippen LogP contribution in [0.5, 0.6) is 0 Å². The van der Waals surface area contributed by atoms with Crippen LogP contribution in [0.4, 0.5) is 0 Å². The van der Waals surface area contributed by atoms with Gasteiger partial charge in [-0.2, -0.15) is 10.5 Å². The Kier molecular flexibility index (Phi) is 4.46. The van der Waals surface area contributed by atoms with Crippen molar-refractivity contribution in [1.29, 1.82) is 10.5 Å². The molecule has 0 aliphatic carbocycles. The Morgan fingerprint density at radius 1 is 1.27 bits per heavy atom. The number of Topliss-reactive ketones (excluding diaryl/α,β-unsaturated/α-hetero) is 1. The van der Waals surface area contributed by atoms with Crippen LogP contribution < -0.4 is 0 Å². The molecule has 2 rings (SSSR count). The number of ketones is 1. The third kappa shape index (κ3) is 2.93. The zero-order chi connectivity index (χ0) is 16.3. The van der Waals surface area contributed by atoms with Gasteiger partial charge in [0.25, 0.3) is 0 Å². The van der Waals surface area contributed by atoms with Crippen molar-refractivity contribution >= 4 is 17.4 Å². The Morgan fingerprint density at radius 3 is 2.41 bits per heavy atom. The number of benzene rings is 1. The van der Waals surface area contributed by atoms with E-state index in [0.717, 1.165) is 5.56 Å². The quantitative estimate of drug-likeness (QED) is 0.810. The number of carbonyl (C=O) groups excluding carboxylic acids is 1. The maximum atomic E-state index is 11.8. The van der Waals surface area contributed by atoms with Crippen LogP contribution in [-0.2, 0) is 4.79 Å². The second-order valence-corrected chi connectivity index (χ2v) is 5.22. The molecule has 0 amide bonds. The summed E-state index contributed by atoms with van der Waals surface area (Å²) in [5, 5.41) is 18.9. The summed E-state index contributed by atoms with van der Waals surface area (Å²) in [5.74, 6) is -0.184. The lowest BCUT2D eigenvalue weighted by molar-refractivity contribution is -0.113. The van der Waals surface area contributed by atoms with Gasteiger partial charge in [0.05, 0.1) is 11.6 Å². The van der Waals surface area contributed by atoms with Crippen LogP contribution in [-0.4, -0.2) is 10.4 Å². The number of halogens is 1. The number of nitrogens with zero attached hydrogens (tertiary/aromatic N) is 3. The number of hydrogen-bond donors (Lipinski definition) is 0. The number of hydrogen-bond acceptors (Lipinski definition) is 3. The first-order chi connectivity index (χ1) is 10.5. The van der Waals surface area contributed by atoms with Gasteiger partial charge in [0.15, 0.2) is 5.78 Å². The monoisotopic (exact) mass is 309 g/mol. The summed E-state index contributed by atoms with van der Waals surface area (Å²) < 4.78 is 1.59. The average Bonchev–Trinajstić information content (AvgIpc) is 2.92. The summed E-state index contributed by atoms with van der Waals surface area (Å²) in [5.41, 5.74) is 1.74. The van der Waals surface area contributed by atoms with Crippen LogP contribution in [0.2, 0.25) is 5.02 Å². The van der Waals surface area contributed by atoms with Crippen molar-refractivity contribution in [1.82, 2.24) is 4.57 Å². The molecular formula is C17H12ClN3O. The minimum absolute atomic E-state index is 0.184. The van der Waals surface area contributed by atoms with Crippen LogP contribution in [0.1, 0.15) is 29.8 Å². The van der Waals surface area contributed by atoms with E-state index in [1.54, 1.807) is 35.0 Å². The van der Waals surface area contributed by atoms with E-state index >= 15 is 0 Å². The highest BCUT2D eigenvalue weighted by atomic mass is 35.5. The van der Waals surface area contributed by atoms with Gasteiger partial charge in [-0.25, -0.2) is 0 Å². The SMILES string of the molecule is C=C(C(C)=O)[C@@H](c1ccc(Cl)cc1)n1cc(C#N)cc1C#N. The van der Waals surface area contributed by atoms with Crippen molar-refractivity contribution in [2.75, 3.05) is 0 Å². The van der Waals surface area contributed by atoms with Crippen LogP contribution in [0, 0.1) is 22.7 Å². The van der Waals surface area contributed by atoms with E-state index < -0.39 is 6.04 Å². The van der Waals surface area contributed by atoms with Crippen LogP contribution >= 0.6 is 11.6 Å². The molecule has 0 bridgehead atoms. The van der Waals surface area contributed by atoms with Crippen molar-refractivity contribution < 1.29 is 4.79 Å².